The van der Waals surface area contributed by atoms with Crippen LogP contribution in [-0.4, -0.2) is 21.4 Å². The molecule has 0 saturated carbocycles. The van der Waals surface area contributed by atoms with E-state index in [2.05, 4.69) is 5.32 Å². The van der Waals surface area contributed by atoms with Gasteiger partial charge in [-0.1, -0.05) is 67.1 Å². The van der Waals surface area contributed by atoms with Crippen molar-refractivity contribution < 1.29 is 13.2 Å². The first kappa shape index (κ1) is 22.1. The normalized spacial score (nSPS) is 14.8. The number of nitrogens with one attached hydrogen (secondary N) is 1. The second-order valence-corrected chi connectivity index (χ2v) is 9.96. The standard InChI is InChI=1S/C25H23ClN2O3S/c1-4-17-12-8-9-16(2)23(17)27-25(29)24-22(18-10-6-5-7-11-18)20-15-19(26)13-14-21(20)28(3)32(24,30)31/h5-15H,4H2,1-3H3,(H,27,29). The number of anilines is 2. The summed E-state index contributed by atoms with van der Waals surface area (Å²) in [6.07, 6.45) is 0.701. The van der Waals surface area contributed by atoms with Crippen molar-refractivity contribution in [2.45, 2.75) is 20.3 Å². The molecule has 3 aromatic carbocycles. The van der Waals surface area contributed by atoms with Crippen LogP contribution < -0.4 is 9.62 Å². The number of halogens is 1. The molecule has 1 aliphatic rings. The minimum Gasteiger partial charge on any atom is -0.321 e. The van der Waals surface area contributed by atoms with Crippen LogP contribution in [0.1, 0.15) is 29.2 Å². The molecule has 0 bridgehead atoms. The van der Waals surface area contributed by atoms with Crippen molar-refractivity contribution in [2.24, 2.45) is 0 Å². The predicted molar refractivity (Wildman–Crippen MR) is 130 cm³/mol. The Morgan fingerprint density at radius 2 is 1.75 bits per heavy atom. The monoisotopic (exact) mass is 466 g/mol. The summed E-state index contributed by atoms with van der Waals surface area (Å²) in [4.78, 5) is 13.3. The van der Waals surface area contributed by atoms with Gasteiger partial charge in [0, 0.05) is 28.9 Å². The Morgan fingerprint density at radius 1 is 1.03 bits per heavy atom. The van der Waals surface area contributed by atoms with Gasteiger partial charge in [-0.05, 0) is 48.2 Å². The van der Waals surface area contributed by atoms with E-state index in [-0.39, 0.29) is 4.91 Å². The van der Waals surface area contributed by atoms with Gasteiger partial charge in [-0.2, -0.15) is 0 Å². The van der Waals surface area contributed by atoms with E-state index in [0.717, 1.165) is 15.4 Å². The van der Waals surface area contributed by atoms with Crippen molar-refractivity contribution in [3.63, 3.8) is 0 Å². The van der Waals surface area contributed by atoms with Crippen molar-refractivity contribution >= 4 is 44.5 Å². The maximum atomic E-state index is 13.6. The molecule has 1 N–H and O–H groups in total. The number of para-hydroxylation sites is 1. The maximum Gasteiger partial charge on any atom is 0.270 e. The maximum absolute atomic E-state index is 13.6. The number of sulfonamides is 1. The minimum atomic E-state index is -4.12. The lowest BCUT2D eigenvalue weighted by molar-refractivity contribution is -0.112. The predicted octanol–water partition coefficient (Wildman–Crippen LogP) is 5.39. The number of benzene rings is 3. The van der Waals surface area contributed by atoms with E-state index in [1.165, 1.54) is 7.05 Å². The first-order valence-electron chi connectivity index (χ1n) is 10.2. The van der Waals surface area contributed by atoms with Crippen molar-refractivity contribution in [1.29, 1.82) is 0 Å². The zero-order valence-corrected chi connectivity index (χ0v) is 19.6. The highest BCUT2D eigenvalue weighted by molar-refractivity contribution is 7.97. The Balaban J connectivity index is 2.00. The molecule has 7 heteroatoms. The zero-order valence-electron chi connectivity index (χ0n) is 18.0. The van der Waals surface area contributed by atoms with Crippen LogP contribution in [0.25, 0.3) is 5.57 Å². The number of carbonyl (C=O) groups is 1. The van der Waals surface area contributed by atoms with E-state index < -0.39 is 15.9 Å². The van der Waals surface area contributed by atoms with Gasteiger partial charge in [0.05, 0.1) is 5.69 Å². The van der Waals surface area contributed by atoms with Gasteiger partial charge in [0.2, 0.25) is 0 Å². The molecule has 164 valence electrons. The number of hydrogen-bond acceptors (Lipinski definition) is 3. The Labute approximate surface area is 193 Å². The molecule has 0 unspecified atom stereocenters. The first-order chi connectivity index (χ1) is 15.3. The second-order valence-electron chi connectivity index (χ2n) is 7.62. The molecule has 0 fully saturated rings. The minimum absolute atomic E-state index is 0.300. The molecular weight excluding hydrogens is 444 g/mol. The Kier molecular flexibility index (Phi) is 5.84. The lowest BCUT2D eigenvalue weighted by Crippen LogP contribution is -2.37. The Hall–Kier alpha value is -3.09. The largest absolute Gasteiger partial charge is 0.321 e. The fourth-order valence-electron chi connectivity index (χ4n) is 4.00. The van der Waals surface area contributed by atoms with Gasteiger partial charge in [0.1, 0.15) is 0 Å². The molecule has 0 atom stereocenters. The smallest absolute Gasteiger partial charge is 0.270 e. The van der Waals surface area contributed by atoms with Crippen LogP contribution in [0.2, 0.25) is 5.02 Å². The molecule has 1 amide bonds. The average Bonchev–Trinajstić information content (AvgIpc) is 2.77. The Bertz CT molecular complexity index is 1350. The number of hydrogen-bond donors (Lipinski definition) is 1. The van der Waals surface area contributed by atoms with Crippen LogP contribution in [0.15, 0.2) is 71.6 Å². The van der Waals surface area contributed by atoms with E-state index >= 15 is 0 Å². The molecule has 4 rings (SSSR count). The number of amides is 1. The number of nitrogens with zero attached hydrogens (tertiary/aromatic N) is 1. The van der Waals surface area contributed by atoms with Crippen LogP contribution in [0.3, 0.4) is 0 Å². The van der Waals surface area contributed by atoms with Crippen molar-refractivity contribution in [2.75, 3.05) is 16.7 Å². The van der Waals surface area contributed by atoms with Gasteiger partial charge in [-0.3, -0.25) is 9.10 Å². The van der Waals surface area contributed by atoms with Gasteiger partial charge in [-0.15, -0.1) is 0 Å². The molecule has 0 saturated heterocycles. The fourth-order valence-corrected chi connectivity index (χ4v) is 5.63. The molecule has 0 radical (unpaired) electrons. The van der Waals surface area contributed by atoms with E-state index in [4.69, 9.17) is 11.6 Å². The zero-order chi connectivity index (χ0) is 23.0. The van der Waals surface area contributed by atoms with Gasteiger partial charge >= 0.3 is 0 Å². The molecule has 0 aromatic heterocycles. The van der Waals surface area contributed by atoms with Gasteiger partial charge in [0.25, 0.3) is 15.9 Å². The van der Waals surface area contributed by atoms with Crippen LogP contribution in [0.5, 0.6) is 0 Å². The summed E-state index contributed by atoms with van der Waals surface area (Å²) in [6.45, 7) is 3.88. The number of rotatable bonds is 4. The molecular formula is C25H23ClN2O3S. The Morgan fingerprint density at radius 3 is 2.44 bits per heavy atom. The molecule has 1 heterocycles. The summed E-state index contributed by atoms with van der Waals surface area (Å²) in [5.74, 6) is -0.676. The molecule has 0 aliphatic carbocycles. The third kappa shape index (κ3) is 3.70. The van der Waals surface area contributed by atoms with Gasteiger partial charge in [0.15, 0.2) is 4.91 Å². The van der Waals surface area contributed by atoms with E-state index in [1.54, 1.807) is 30.3 Å². The third-order valence-corrected chi connectivity index (χ3v) is 7.72. The van der Waals surface area contributed by atoms with Crippen LogP contribution in [0, 0.1) is 6.92 Å². The number of aryl methyl sites for hydroxylation is 2. The summed E-state index contributed by atoms with van der Waals surface area (Å²) in [5.41, 5.74) is 4.45. The molecule has 0 spiro atoms. The van der Waals surface area contributed by atoms with Gasteiger partial charge in [-0.25, -0.2) is 8.42 Å². The molecule has 3 aromatic rings. The van der Waals surface area contributed by atoms with Crippen molar-refractivity contribution in [1.82, 2.24) is 0 Å². The fraction of sp³-hybridized carbons (Fsp3) is 0.160. The summed E-state index contributed by atoms with van der Waals surface area (Å²) in [7, 11) is -2.67. The highest BCUT2D eigenvalue weighted by Crippen LogP contribution is 2.43. The van der Waals surface area contributed by atoms with E-state index in [0.29, 0.717) is 39.5 Å². The van der Waals surface area contributed by atoms with Crippen LogP contribution >= 0.6 is 11.6 Å². The van der Waals surface area contributed by atoms with Crippen LogP contribution in [-0.2, 0) is 21.2 Å². The lowest BCUT2D eigenvalue weighted by Gasteiger charge is -2.31. The summed E-state index contributed by atoms with van der Waals surface area (Å²) in [5, 5.41) is 3.34. The topological polar surface area (TPSA) is 66.5 Å². The van der Waals surface area contributed by atoms with Crippen molar-refractivity contribution in [3.05, 3.63) is 98.9 Å². The van der Waals surface area contributed by atoms with Gasteiger partial charge < -0.3 is 5.32 Å². The summed E-state index contributed by atoms with van der Waals surface area (Å²) >= 11 is 6.27. The third-order valence-electron chi connectivity index (χ3n) is 5.66. The van der Waals surface area contributed by atoms with Crippen LogP contribution in [0.4, 0.5) is 11.4 Å². The highest BCUT2D eigenvalue weighted by Gasteiger charge is 2.40. The number of carbonyl (C=O) groups excluding carboxylic acids is 1. The molecule has 32 heavy (non-hydrogen) atoms. The average molecular weight is 467 g/mol. The molecule has 1 aliphatic heterocycles. The lowest BCUT2D eigenvalue weighted by atomic mass is 9.95. The highest BCUT2D eigenvalue weighted by atomic mass is 35.5. The molecule has 5 nitrogen and oxygen atoms in total. The SMILES string of the molecule is CCc1cccc(C)c1NC(=O)C1=C(c2ccccc2)c2cc(Cl)ccc2N(C)S1(=O)=O. The first-order valence-corrected chi connectivity index (χ1v) is 12.1. The van der Waals surface area contributed by atoms with Crippen molar-refractivity contribution in [3.8, 4) is 0 Å². The number of fused-ring (bicyclic) bond motifs is 1. The van der Waals surface area contributed by atoms with E-state index in [1.807, 2.05) is 50.2 Å². The summed E-state index contributed by atoms with van der Waals surface area (Å²) in [6, 6.07) is 19.8. The second kappa shape index (κ2) is 8.45. The van der Waals surface area contributed by atoms with E-state index in [9.17, 15) is 13.2 Å². The summed E-state index contributed by atoms with van der Waals surface area (Å²) < 4.78 is 28.3. The quantitative estimate of drug-likeness (QED) is 0.560.